The van der Waals surface area contributed by atoms with Gasteiger partial charge < -0.3 is 5.11 Å². The Labute approximate surface area is 138 Å². The van der Waals surface area contributed by atoms with E-state index in [4.69, 9.17) is 0 Å². The highest BCUT2D eigenvalue weighted by Crippen LogP contribution is 2.33. The molecular formula is C21H25NO. The number of rotatable bonds is 3. The van der Waals surface area contributed by atoms with E-state index in [9.17, 15) is 5.11 Å². The molecule has 2 aliphatic heterocycles. The van der Waals surface area contributed by atoms with E-state index in [1.165, 1.54) is 37.8 Å². The van der Waals surface area contributed by atoms with Gasteiger partial charge in [0, 0.05) is 19.1 Å². The quantitative estimate of drug-likeness (QED) is 0.937. The van der Waals surface area contributed by atoms with Crippen molar-refractivity contribution >= 4 is 0 Å². The van der Waals surface area contributed by atoms with E-state index < -0.39 is 0 Å². The first-order valence-corrected chi connectivity index (χ1v) is 8.81. The molecule has 5 rings (SSSR count). The molecule has 2 aromatic rings. The maximum absolute atomic E-state index is 9.19. The van der Waals surface area contributed by atoms with Gasteiger partial charge in [0.2, 0.25) is 0 Å². The first kappa shape index (κ1) is 14.9. The molecule has 2 heterocycles. The fraction of sp³-hybridized carbons (Fsp3) is 0.429. The Bertz CT molecular complexity index is 664. The molecule has 2 nitrogen and oxygen atoms in total. The highest BCUT2D eigenvalue weighted by atomic mass is 16.3. The van der Waals surface area contributed by atoms with Crippen molar-refractivity contribution in [3.05, 3.63) is 70.8 Å². The van der Waals surface area contributed by atoms with E-state index in [0.717, 1.165) is 18.0 Å². The summed E-state index contributed by atoms with van der Waals surface area (Å²) < 4.78 is 0. The van der Waals surface area contributed by atoms with Crippen molar-refractivity contribution in [3.63, 3.8) is 0 Å². The molecule has 2 aromatic carbocycles. The minimum Gasteiger partial charge on any atom is -0.392 e. The van der Waals surface area contributed by atoms with Crippen LogP contribution in [0.4, 0.5) is 0 Å². The molecule has 1 saturated heterocycles. The Morgan fingerprint density at radius 3 is 2.30 bits per heavy atom. The summed E-state index contributed by atoms with van der Waals surface area (Å²) in [5.41, 5.74) is 5.50. The molecule has 1 N–H and O–H groups in total. The Kier molecular flexibility index (Phi) is 4.19. The van der Waals surface area contributed by atoms with Gasteiger partial charge in [-0.05, 0) is 53.9 Å². The lowest BCUT2D eigenvalue weighted by atomic mass is 9.80. The van der Waals surface area contributed by atoms with Gasteiger partial charge in [-0.3, -0.25) is 4.90 Å². The summed E-state index contributed by atoms with van der Waals surface area (Å²) in [5.74, 6) is 0.796. The minimum atomic E-state index is 0.130. The SMILES string of the molecule is OCc1ccc(CN2C[C@@H]3CC[C@H]2Cc2ccccc2C3)cc1. The number of aliphatic hydroxyl groups is 1. The van der Waals surface area contributed by atoms with Gasteiger partial charge in [0.15, 0.2) is 0 Å². The standard InChI is InChI=1S/C21H25NO/c23-15-17-7-5-16(6-8-17)13-22-14-18-9-10-21(22)12-20-4-2-1-3-19(20)11-18/h1-8,18,21,23H,9-15H2/t18-,21+/m1/s1. The zero-order chi connectivity index (χ0) is 15.6. The van der Waals surface area contributed by atoms with Gasteiger partial charge in [-0.25, -0.2) is 0 Å². The second kappa shape index (κ2) is 6.46. The normalized spacial score (nSPS) is 24.0. The van der Waals surface area contributed by atoms with E-state index in [1.54, 1.807) is 11.1 Å². The largest absolute Gasteiger partial charge is 0.392 e. The molecule has 2 bridgehead atoms. The Balaban J connectivity index is 1.54. The van der Waals surface area contributed by atoms with Crippen LogP contribution in [-0.4, -0.2) is 22.6 Å². The van der Waals surface area contributed by atoms with Crippen LogP contribution in [0.3, 0.4) is 0 Å². The van der Waals surface area contributed by atoms with Crippen molar-refractivity contribution in [2.45, 2.75) is 44.9 Å². The molecule has 0 radical (unpaired) electrons. The van der Waals surface area contributed by atoms with Crippen molar-refractivity contribution in [1.29, 1.82) is 0 Å². The summed E-state index contributed by atoms with van der Waals surface area (Å²) >= 11 is 0. The first-order valence-electron chi connectivity index (χ1n) is 8.81. The van der Waals surface area contributed by atoms with Gasteiger partial charge in [0.05, 0.1) is 6.61 Å². The molecule has 0 saturated carbocycles. The fourth-order valence-corrected chi connectivity index (χ4v) is 4.28. The number of benzene rings is 2. The Morgan fingerprint density at radius 2 is 1.57 bits per heavy atom. The molecule has 0 aromatic heterocycles. The third-order valence-corrected chi connectivity index (χ3v) is 5.59. The van der Waals surface area contributed by atoms with Gasteiger partial charge in [0.1, 0.15) is 0 Å². The molecule has 1 aliphatic carbocycles. The van der Waals surface area contributed by atoms with Crippen LogP contribution in [-0.2, 0) is 26.0 Å². The second-order valence-corrected chi connectivity index (χ2v) is 7.18. The zero-order valence-electron chi connectivity index (χ0n) is 13.6. The highest BCUT2D eigenvalue weighted by molar-refractivity contribution is 5.30. The van der Waals surface area contributed by atoms with Gasteiger partial charge in [0.25, 0.3) is 0 Å². The molecule has 2 atom stereocenters. The predicted octanol–water partition coefficient (Wildman–Crippen LogP) is 3.56. The van der Waals surface area contributed by atoms with Gasteiger partial charge >= 0.3 is 0 Å². The number of fused-ring (bicyclic) bond motifs is 2. The van der Waals surface area contributed by atoms with Crippen LogP contribution in [0.25, 0.3) is 0 Å². The zero-order valence-corrected chi connectivity index (χ0v) is 13.6. The van der Waals surface area contributed by atoms with E-state index in [1.807, 2.05) is 12.1 Å². The number of piperidine rings is 1. The lowest BCUT2D eigenvalue weighted by molar-refractivity contribution is 0.0938. The summed E-state index contributed by atoms with van der Waals surface area (Å²) in [6, 6.07) is 18.1. The molecule has 3 aliphatic rings. The molecule has 1 fully saturated rings. The molecule has 120 valence electrons. The predicted molar refractivity (Wildman–Crippen MR) is 93.1 cm³/mol. The van der Waals surface area contributed by atoms with Crippen LogP contribution in [0.1, 0.15) is 35.1 Å². The van der Waals surface area contributed by atoms with Crippen LogP contribution < -0.4 is 0 Å². The van der Waals surface area contributed by atoms with Crippen LogP contribution in [0.15, 0.2) is 48.5 Å². The Morgan fingerprint density at radius 1 is 0.870 bits per heavy atom. The molecule has 23 heavy (non-hydrogen) atoms. The molecular weight excluding hydrogens is 282 g/mol. The average molecular weight is 307 g/mol. The number of hydrogen-bond acceptors (Lipinski definition) is 2. The number of aliphatic hydroxyl groups excluding tert-OH is 1. The van der Waals surface area contributed by atoms with Crippen LogP contribution >= 0.6 is 0 Å². The third-order valence-electron chi connectivity index (χ3n) is 5.59. The lowest BCUT2D eigenvalue weighted by Crippen LogP contribution is -2.46. The Hall–Kier alpha value is -1.64. The summed E-state index contributed by atoms with van der Waals surface area (Å²) in [6.07, 6.45) is 5.13. The molecule has 0 amide bonds. The van der Waals surface area contributed by atoms with E-state index >= 15 is 0 Å². The van der Waals surface area contributed by atoms with Crippen molar-refractivity contribution < 1.29 is 5.11 Å². The summed E-state index contributed by atoms with van der Waals surface area (Å²) in [5, 5.41) is 9.19. The molecule has 2 heteroatoms. The van der Waals surface area contributed by atoms with Gasteiger partial charge in [-0.15, -0.1) is 0 Å². The van der Waals surface area contributed by atoms with Crippen molar-refractivity contribution in [2.75, 3.05) is 6.54 Å². The summed E-state index contributed by atoms with van der Waals surface area (Å²) in [4.78, 5) is 2.69. The maximum atomic E-state index is 9.19. The van der Waals surface area contributed by atoms with E-state index in [-0.39, 0.29) is 6.61 Å². The van der Waals surface area contributed by atoms with Crippen LogP contribution in [0, 0.1) is 5.92 Å². The topological polar surface area (TPSA) is 23.5 Å². The lowest BCUT2D eigenvalue weighted by Gasteiger charge is -2.42. The number of nitrogens with zero attached hydrogens (tertiary/aromatic N) is 1. The maximum Gasteiger partial charge on any atom is 0.0681 e. The highest BCUT2D eigenvalue weighted by Gasteiger charge is 2.31. The first-order chi connectivity index (χ1) is 11.3. The molecule has 0 unspecified atom stereocenters. The van der Waals surface area contributed by atoms with Gasteiger partial charge in [-0.2, -0.15) is 0 Å². The minimum absolute atomic E-state index is 0.130. The third kappa shape index (κ3) is 3.19. The number of hydrogen-bond donors (Lipinski definition) is 1. The average Bonchev–Trinajstić information content (AvgIpc) is 2.56. The van der Waals surface area contributed by atoms with E-state index in [2.05, 4.69) is 41.3 Å². The van der Waals surface area contributed by atoms with Gasteiger partial charge in [-0.1, -0.05) is 48.5 Å². The summed E-state index contributed by atoms with van der Waals surface area (Å²) in [7, 11) is 0. The van der Waals surface area contributed by atoms with Crippen LogP contribution in [0.2, 0.25) is 0 Å². The van der Waals surface area contributed by atoms with Crippen LogP contribution in [0.5, 0.6) is 0 Å². The monoisotopic (exact) mass is 307 g/mol. The van der Waals surface area contributed by atoms with Crippen molar-refractivity contribution in [3.8, 4) is 0 Å². The van der Waals surface area contributed by atoms with Crippen molar-refractivity contribution in [1.82, 2.24) is 4.90 Å². The fourth-order valence-electron chi connectivity index (χ4n) is 4.28. The second-order valence-electron chi connectivity index (χ2n) is 7.18. The summed E-state index contributed by atoms with van der Waals surface area (Å²) in [6.45, 7) is 2.39. The molecule has 0 spiro atoms. The van der Waals surface area contributed by atoms with Crippen molar-refractivity contribution in [2.24, 2.45) is 5.92 Å². The van der Waals surface area contributed by atoms with E-state index in [0.29, 0.717) is 6.04 Å². The smallest absolute Gasteiger partial charge is 0.0681 e.